The first-order valence-electron chi connectivity index (χ1n) is 24.2. The number of para-hydroxylation sites is 2. The molecule has 5 aliphatic carbocycles. The standard InChI is InChI=1S/C63H57NO/c1-61(2,3)42-32-40(33-43(35-42)62(4,5)6)47-20-13-15-39-16-14-21-53(60(39)47)50-18-8-11-23-57(50)64(46-26-28-52-51-19-9-12-24-58(51)65-59(52)37-46)45-25-27-49-48-17-7-10-22-54(48)63(56(49)36-45)44-30-38-29-41(34-44)55(63)31-38/h7-28,32-33,35-38,41,44,55H,29-31,34H2,1-6H3. The molecule has 0 aliphatic heterocycles. The van der Waals surface area contributed by atoms with Crippen LogP contribution < -0.4 is 4.90 Å². The number of nitrogens with zero attached hydrogens (tertiary/aromatic N) is 1. The van der Waals surface area contributed by atoms with Crippen molar-refractivity contribution >= 4 is 49.8 Å². The molecule has 1 aromatic heterocycles. The highest BCUT2D eigenvalue weighted by atomic mass is 16.3. The van der Waals surface area contributed by atoms with E-state index in [1.807, 2.05) is 0 Å². The third kappa shape index (κ3) is 5.71. The Hall–Kier alpha value is -6.38. The van der Waals surface area contributed by atoms with Gasteiger partial charge in [0.2, 0.25) is 0 Å². The molecule has 1 spiro atoms. The molecule has 2 nitrogen and oxygen atoms in total. The van der Waals surface area contributed by atoms with Crippen molar-refractivity contribution in [3.8, 4) is 33.4 Å². The third-order valence-corrected chi connectivity index (χ3v) is 16.5. The lowest BCUT2D eigenvalue weighted by Crippen LogP contribution is -2.40. The molecule has 1 heterocycles. The maximum Gasteiger partial charge on any atom is 0.137 e. The van der Waals surface area contributed by atoms with Gasteiger partial charge in [0.1, 0.15) is 11.2 Å². The average Bonchev–Trinajstić information content (AvgIpc) is 3.99. The van der Waals surface area contributed by atoms with Crippen LogP contribution in [0, 0.1) is 23.7 Å². The van der Waals surface area contributed by atoms with Crippen molar-refractivity contribution < 1.29 is 4.42 Å². The number of rotatable bonds is 5. The number of hydrogen-bond donors (Lipinski definition) is 0. The largest absolute Gasteiger partial charge is 0.456 e. The smallest absolute Gasteiger partial charge is 0.137 e. The maximum atomic E-state index is 6.65. The van der Waals surface area contributed by atoms with Gasteiger partial charge in [0.15, 0.2) is 0 Å². The Morgan fingerprint density at radius 2 is 1.14 bits per heavy atom. The third-order valence-electron chi connectivity index (χ3n) is 16.5. The lowest BCUT2D eigenvalue weighted by atomic mass is 9.59. The quantitative estimate of drug-likeness (QED) is 0.172. The van der Waals surface area contributed by atoms with Crippen molar-refractivity contribution in [2.75, 3.05) is 4.90 Å². The highest BCUT2D eigenvalue weighted by Gasteiger charge is 2.66. The van der Waals surface area contributed by atoms with Crippen LogP contribution in [-0.4, -0.2) is 0 Å². The van der Waals surface area contributed by atoms with Crippen LogP contribution in [0.25, 0.3) is 66.1 Å². The minimum Gasteiger partial charge on any atom is -0.456 e. The van der Waals surface area contributed by atoms with E-state index in [1.165, 1.54) is 86.7 Å². The zero-order chi connectivity index (χ0) is 44.0. The molecule has 9 aromatic rings. The predicted octanol–water partition coefficient (Wildman–Crippen LogP) is 17.5. The Kier molecular flexibility index (Phi) is 8.30. The molecule has 5 aliphatic rings. The number of anilines is 3. The summed E-state index contributed by atoms with van der Waals surface area (Å²) in [6.07, 6.45) is 5.52. The predicted molar refractivity (Wildman–Crippen MR) is 273 cm³/mol. The van der Waals surface area contributed by atoms with Gasteiger partial charge in [-0.1, -0.05) is 163 Å². The van der Waals surface area contributed by atoms with Crippen molar-refractivity contribution in [2.45, 2.75) is 83.5 Å². The number of benzene rings is 8. The topological polar surface area (TPSA) is 16.4 Å². The zero-order valence-corrected chi connectivity index (χ0v) is 38.6. The van der Waals surface area contributed by atoms with Gasteiger partial charge >= 0.3 is 0 Å². The molecule has 4 saturated carbocycles. The molecular weight excluding hydrogens is 787 g/mol. The van der Waals surface area contributed by atoms with Gasteiger partial charge in [-0.2, -0.15) is 0 Å². The van der Waals surface area contributed by atoms with Gasteiger partial charge in [-0.05, 0) is 157 Å². The van der Waals surface area contributed by atoms with Crippen LogP contribution in [0.2, 0.25) is 0 Å². The van der Waals surface area contributed by atoms with Crippen LogP contribution in [0.1, 0.15) is 89.5 Å². The summed E-state index contributed by atoms with van der Waals surface area (Å²) in [5.74, 6) is 3.13. The summed E-state index contributed by atoms with van der Waals surface area (Å²) >= 11 is 0. The van der Waals surface area contributed by atoms with Gasteiger partial charge in [-0.15, -0.1) is 0 Å². The lowest BCUT2D eigenvalue weighted by molar-refractivity contribution is 0.191. The fraction of sp³-hybridized carbons (Fsp3) is 0.270. The van der Waals surface area contributed by atoms with E-state index in [-0.39, 0.29) is 16.2 Å². The van der Waals surface area contributed by atoms with Crippen LogP contribution in [0.3, 0.4) is 0 Å². The van der Waals surface area contributed by atoms with Gasteiger partial charge in [0, 0.05) is 39.2 Å². The summed E-state index contributed by atoms with van der Waals surface area (Å²) in [6.45, 7) is 14.0. The second kappa shape index (κ2) is 13.8. The van der Waals surface area contributed by atoms with Crippen molar-refractivity contribution in [1.29, 1.82) is 0 Å². The summed E-state index contributed by atoms with van der Waals surface area (Å²) in [7, 11) is 0. The summed E-state index contributed by atoms with van der Waals surface area (Å²) < 4.78 is 6.65. The van der Waals surface area contributed by atoms with Crippen molar-refractivity contribution in [3.63, 3.8) is 0 Å². The molecule has 5 unspecified atom stereocenters. The van der Waals surface area contributed by atoms with Crippen LogP contribution >= 0.6 is 0 Å². The molecule has 0 radical (unpaired) electrons. The second-order valence-corrected chi connectivity index (χ2v) is 22.2. The molecule has 0 N–H and O–H groups in total. The molecule has 4 bridgehead atoms. The minimum absolute atomic E-state index is 0.00475. The van der Waals surface area contributed by atoms with Crippen LogP contribution in [0.15, 0.2) is 168 Å². The van der Waals surface area contributed by atoms with E-state index < -0.39 is 0 Å². The highest BCUT2D eigenvalue weighted by Crippen LogP contribution is 2.73. The van der Waals surface area contributed by atoms with Crippen LogP contribution in [0.4, 0.5) is 17.1 Å². The first-order valence-corrected chi connectivity index (χ1v) is 24.2. The Balaban J connectivity index is 1.06. The lowest BCUT2D eigenvalue weighted by Gasteiger charge is -2.44. The van der Waals surface area contributed by atoms with Gasteiger partial charge in [-0.25, -0.2) is 0 Å². The highest BCUT2D eigenvalue weighted by molar-refractivity contribution is 6.10. The zero-order valence-electron chi connectivity index (χ0n) is 38.6. The summed E-state index contributed by atoms with van der Waals surface area (Å²) in [5.41, 5.74) is 19.1. The van der Waals surface area contributed by atoms with Gasteiger partial charge in [0.25, 0.3) is 0 Å². The van der Waals surface area contributed by atoms with Gasteiger partial charge < -0.3 is 9.32 Å². The second-order valence-electron chi connectivity index (χ2n) is 22.2. The monoisotopic (exact) mass is 843 g/mol. The molecular formula is C63H57NO. The van der Waals surface area contributed by atoms with E-state index in [2.05, 4.69) is 210 Å². The molecule has 2 heteroatoms. The molecule has 0 saturated heterocycles. The Labute approximate surface area is 383 Å². The molecule has 5 atom stereocenters. The summed E-state index contributed by atoms with van der Waals surface area (Å²) in [4.78, 5) is 2.54. The molecule has 8 aromatic carbocycles. The molecule has 0 amide bonds. The first kappa shape index (κ1) is 39.0. The Morgan fingerprint density at radius 3 is 1.92 bits per heavy atom. The normalized spacial score (nSPS) is 21.8. The van der Waals surface area contributed by atoms with Gasteiger partial charge in [0.05, 0.1) is 5.69 Å². The van der Waals surface area contributed by atoms with E-state index in [9.17, 15) is 0 Å². The minimum atomic E-state index is 0.00475. The van der Waals surface area contributed by atoms with E-state index in [0.717, 1.165) is 45.1 Å². The van der Waals surface area contributed by atoms with Crippen molar-refractivity contribution in [1.82, 2.24) is 0 Å². The molecule has 4 fully saturated rings. The number of fused-ring (bicyclic) bond motifs is 7. The first-order chi connectivity index (χ1) is 31.4. The summed E-state index contributed by atoms with van der Waals surface area (Å²) in [5, 5.41) is 4.82. The van der Waals surface area contributed by atoms with E-state index in [4.69, 9.17) is 4.42 Å². The molecule has 320 valence electrons. The SMILES string of the molecule is CC(C)(C)c1cc(-c2cccc3cccc(-c4ccccc4N(c4ccc5c(c4)C4(c6ccccc6-5)C5CC6CC(C5)C4C6)c4ccc5c(c4)oc4ccccc45)c23)cc(C(C)(C)C)c1. The fourth-order valence-corrected chi connectivity index (χ4v) is 13.7. The maximum absolute atomic E-state index is 6.65. The van der Waals surface area contributed by atoms with Crippen molar-refractivity contribution in [3.05, 3.63) is 186 Å². The summed E-state index contributed by atoms with van der Waals surface area (Å²) in [6, 6.07) is 62.5. The molecule has 65 heavy (non-hydrogen) atoms. The van der Waals surface area contributed by atoms with E-state index in [1.54, 1.807) is 11.1 Å². The van der Waals surface area contributed by atoms with Crippen LogP contribution in [0.5, 0.6) is 0 Å². The Bertz CT molecular complexity index is 3370. The van der Waals surface area contributed by atoms with Crippen molar-refractivity contribution in [2.24, 2.45) is 23.7 Å². The molecule has 14 rings (SSSR count). The number of furan rings is 1. The van der Waals surface area contributed by atoms with E-state index >= 15 is 0 Å². The average molecular weight is 844 g/mol. The van der Waals surface area contributed by atoms with Crippen LogP contribution in [-0.2, 0) is 16.2 Å². The van der Waals surface area contributed by atoms with Gasteiger partial charge in [-0.3, -0.25) is 0 Å². The number of hydrogen-bond acceptors (Lipinski definition) is 2. The van der Waals surface area contributed by atoms with E-state index in [0.29, 0.717) is 11.8 Å². The fourth-order valence-electron chi connectivity index (χ4n) is 13.7. The Morgan fingerprint density at radius 1 is 0.492 bits per heavy atom.